The highest BCUT2D eigenvalue weighted by Crippen LogP contribution is 2.62. The van der Waals surface area contributed by atoms with Crippen LogP contribution in [-0.4, -0.2) is 17.3 Å². The van der Waals surface area contributed by atoms with Gasteiger partial charge in [0.25, 0.3) is 0 Å². The number of halogens is 2. The van der Waals surface area contributed by atoms with Gasteiger partial charge in [0, 0.05) is 33.7 Å². The first-order valence-electron chi connectivity index (χ1n) is 12.3. The van der Waals surface area contributed by atoms with E-state index in [9.17, 15) is 23.2 Å². The van der Waals surface area contributed by atoms with Crippen LogP contribution in [0.3, 0.4) is 0 Å². The van der Waals surface area contributed by atoms with Gasteiger partial charge in [-0.3, -0.25) is 14.4 Å². The van der Waals surface area contributed by atoms with E-state index in [4.69, 9.17) is 0 Å². The number of benzene rings is 4. The van der Waals surface area contributed by atoms with Crippen molar-refractivity contribution in [2.45, 2.75) is 12.0 Å². The van der Waals surface area contributed by atoms with Gasteiger partial charge in [0.05, 0.1) is 11.7 Å². The summed E-state index contributed by atoms with van der Waals surface area (Å²) in [4.78, 5) is 43.0. The zero-order valence-electron chi connectivity index (χ0n) is 19.9. The van der Waals surface area contributed by atoms with Crippen LogP contribution in [0.5, 0.6) is 0 Å². The fourth-order valence-electron chi connectivity index (χ4n) is 6.42. The second kappa shape index (κ2) is 7.89. The lowest BCUT2D eigenvalue weighted by molar-refractivity contribution is 0.0583. The molecule has 1 aliphatic heterocycles. The third-order valence-corrected chi connectivity index (χ3v) is 8.02. The van der Waals surface area contributed by atoms with Gasteiger partial charge >= 0.3 is 0 Å². The van der Waals surface area contributed by atoms with Gasteiger partial charge < -0.3 is 5.32 Å². The number of hydrogen-bond donors (Lipinski definition) is 1. The standard InChI is InChI=1S/C32H19F2NO3/c33-19-13-9-17(10-14-19)26-25-27(21-5-1-2-6-22(21)28(25)36)35-29(18-11-15-20(34)16-12-18)32(26)30(37)23-7-3-4-8-24(23)31(32)38/h1-16,26,29,35H. The number of hydrogen-bond acceptors (Lipinski definition) is 4. The Labute approximate surface area is 216 Å². The minimum atomic E-state index is -1.80. The zero-order valence-corrected chi connectivity index (χ0v) is 19.9. The number of fused-ring (bicyclic) bond motifs is 3. The molecule has 1 heterocycles. The summed E-state index contributed by atoms with van der Waals surface area (Å²) in [6.45, 7) is 0. The van der Waals surface area contributed by atoms with Crippen LogP contribution in [0.4, 0.5) is 8.78 Å². The Kier molecular flexibility index (Phi) is 4.67. The first-order valence-corrected chi connectivity index (χ1v) is 12.3. The first-order chi connectivity index (χ1) is 18.4. The van der Waals surface area contributed by atoms with Crippen LogP contribution in [0.15, 0.2) is 103 Å². The molecule has 2 aliphatic carbocycles. The number of allylic oxidation sites excluding steroid dienone is 1. The van der Waals surface area contributed by atoms with Gasteiger partial charge in [0.1, 0.15) is 17.0 Å². The number of rotatable bonds is 2. The molecule has 0 radical (unpaired) electrons. The Balaban J connectivity index is 1.59. The molecule has 0 saturated carbocycles. The molecule has 0 fully saturated rings. The Bertz CT molecular complexity index is 1690. The molecule has 4 nitrogen and oxygen atoms in total. The lowest BCUT2D eigenvalue weighted by Gasteiger charge is -2.46. The van der Waals surface area contributed by atoms with Gasteiger partial charge in [-0.2, -0.15) is 0 Å². The molecule has 2 unspecified atom stereocenters. The van der Waals surface area contributed by atoms with Gasteiger partial charge in [-0.05, 0) is 35.4 Å². The molecule has 2 atom stereocenters. The van der Waals surface area contributed by atoms with Crippen LogP contribution in [-0.2, 0) is 0 Å². The van der Waals surface area contributed by atoms with Gasteiger partial charge in [-0.25, -0.2) is 8.78 Å². The van der Waals surface area contributed by atoms with Crippen LogP contribution in [0.25, 0.3) is 5.70 Å². The summed E-state index contributed by atoms with van der Waals surface area (Å²) < 4.78 is 28.1. The Morgan fingerprint density at radius 2 is 1.05 bits per heavy atom. The van der Waals surface area contributed by atoms with E-state index in [1.165, 1.54) is 36.4 Å². The minimum absolute atomic E-state index is 0.269. The molecular weight excluding hydrogens is 484 g/mol. The monoisotopic (exact) mass is 503 g/mol. The summed E-state index contributed by atoms with van der Waals surface area (Å²) in [5.41, 5.74) is 1.69. The highest BCUT2D eigenvalue weighted by atomic mass is 19.1. The van der Waals surface area contributed by atoms with Crippen molar-refractivity contribution >= 4 is 23.0 Å². The molecule has 0 saturated heterocycles. The van der Waals surface area contributed by atoms with Crippen LogP contribution in [0.2, 0.25) is 0 Å². The van der Waals surface area contributed by atoms with Gasteiger partial charge in [-0.1, -0.05) is 72.8 Å². The average molecular weight is 504 g/mol. The van der Waals surface area contributed by atoms with E-state index >= 15 is 0 Å². The SMILES string of the molecule is O=C1C2=C(NC(c3ccc(F)cc3)C3(C(=O)c4ccccc4C3=O)C2c2ccc(F)cc2)c2ccccc21. The maximum atomic E-state index is 14.5. The molecule has 0 bridgehead atoms. The van der Waals surface area contributed by atoms with Crippen molar-refractivity contribution in [3.05, 3.63) is 148 Å². The number of Topliss-reactive ketones (excluding diaryl/α,β-unsaturated/α-hetero) is 3. The van der Waals surface area contributed by atoms with E-state index in [-0.39, 0.29) is 16.9 Å². The van der Waals surface area contributed by atoms with E-state index in [2.05, 4.69) is 5.32 Å². The van der Waals surface area contributed by atoms with Crippen LogP contribution in [0, 0.1) is 17.0 Å². The normalized spacial score (nSPS) is 20.8. The zero-order chi connectivity index (χ0) is 26.2. The Morgan fingerprint density at radius 1 is 0.579 bits per heavy atom. The lowest BCUT2D eigenvalue weighted by atomic mass is 9.58. The van der Waals surface area contributed by atoms with Crippen molar-refractivity contribution in [3.8, 4) is 0 Å². The van der Waals surface area contributed by atoms with E-state index in [1.54, 1.807) is 48.5 Å². The van der Waals surface area contributed by atoms with E-state index in [0.29, 0.717) is 33.5 Å². The Morgan fingerprint density at radius 3 is 1.61 bits per heavy atom. The predicted octanol–water partition coefficient (Wildman–Crippen LogP) is 6.07. The van der Waals surface area contributed by atoms with Crippen LogP contribution < -0.4 is 5.32 Å². The van der Waals surface area contributed by atoms with E-state index in [0.717, 1.165) is 0 Å². The van der Waals surface area contributed by atoms with Crippen molar-refractivity contribution in [1.82, 2.24) is 5.32 Å². The Hall–Kier alpha value is -4.71. The van der Waals surface area contributed by atoms with Crippen molar-refractivity contribution < 1.29 is 23.2 Å². The summed E-state index contributed by atoms with van der Waals surface area (Å²) in [5, 5.41) is 3.40. The maximum Gasteiger partial charge on any atom is 0.192 e. The second-order valence-corrected chi connectivity index (χ2v) is 9.85. The molecule has 4 aromatic carbocycles. The maximum absolute atomic E-state index is 14.5. The smallest absolute Gasteiger partial charge is 0.192 e. The molecule has 1 N–H and O–H groups in total. The number of ketones is 3. The quantitative estimate of drug-likeness (QED) is 0.338. The average Bonchev–Trinajstić information content (AvgIpc) is 3.34. The summed E-state index contributed by atoms with van der Waals surface area (Å²) in [6, 6.07) is 24.1. The fraction of sp³-hybridized carbons (Fsp3) is 0.0938. The molecule has 6 heteroatoms. The highest BCUT2D eigenvalue weighted by Gasteiger charge is 2.67. The number of carbonyl (C=O) groups excluding carboxylic acids is 3. The number of nitrogens with one attached hydrogen (secondary N) is 1. The topological polar surface area (TPSA) is 63.2 Å². The van der Waals surface area contributed by atoms with Gasteiger partial charge in [0.15, 0.2) is 17.3 Å². The van der Waals surface area contributed by atoms with Crippen molar-refractivity contribution in [2.24, 2.45) is 5.41 Å². The van der Waals surface area contributed by atoms with Crippen LogP contribution in [0.1, 0.15) is 59.7 Å². The molecule has 38 heavy (non-hydrogen) atoms. The molecule has 0 amide bonds. The molecule has 4 aromatic rings. The van der Waals surface area contributed by atoms with E-state index < -0.39 is 40.6 Å². The molecule has 0 aromatic heterocycles. The molecule has 184 valence electrons. The van der Waals surface area contributed by atoms with Gasteiger partial charge in [0.2, 0.25) is 0 Å². The predicted molar refractivity (Wildman–Crippen MR) is 137 cm³/mol. The van der Waals surface area contributed by atoms with Crippen molar-refractivity contribution in [1.29, 1.82) is 0 Å². The molecule has 1 spiro atoms. The second-order valence-electron chi connectivity index (χ2n) is 9.85. The number of carbonyl (C=O) groups is 3. The van der Waals surface area contributed by atoms with Crippen molar-refractivity contribution in [3.63, 3.8) is 0 Å². The fourth-order valence-corrected chi connectivity index (χ4v) is 6.42. The van der Waals surface area contributed by atoms with Crippen LogP contribution >= 0.6 is 0 Å². The molecular formula is C32H19F2NO3. The largest absolute Gasteiger partial charge is 0.376 e. The summed E-state index contributed by atoms with van der Waals surface area (Å²) in [6.07, 6.45) is 0. The lowest BCUT2D eigenvalue weighted by Crippen LogP contribution is -2.53. The highest BCUT2D eigenvalue weighted by molar-refractivity contribution is 6.33. The third-order valence-electron chi connectivity index (χ3n) is 8.02. The molecule has 3 aliphatic rings. The molecule has 7 rings (SSSR count). The minimum Gasteiger partial charge on any atom is -0.376 e. The summed E-state index contributed by atoms with van der Waals surface area (Å²) >= 11 is 0. The third kappa shape index (κ3) is 2.80. The van der Waals surface area contributed by atoms with Crippen molar-refractivity contribution in [2.75, 3.05) is 0 Å². The van der Waals surface area contributed by atoms with E-state index in [1.807, 2.05) is 12.1 Å². The van der Waals surface area contributed by atoms with Gasteiger partial charge in [-0.15, -0.1) is 0 Å². The first kappa shape index (κ1) is 22.5. The summed E-state index contributed by atoms with van der Waals surface area (Å²) in [5.74, 6) is -3.08. The summed E-state index contributed by atoms with van der Waals surface area (Å²) in [7, 11) is 0.